The Morgan fingerprint density at radius 3 is 2.75 bits per heavy atom. The summed E-state index contributed by atoms with van der Waals surface area (Å²) in [6, 6.07) is 0. The summed E-state index contributed by atoms with van der Waals surface area (Å²) < 4.78 is 10.3. The van der Waals surface area contributed by atoms with Crippen LogP contribution in [0.15, 0.2) is 4.52 Å². The Kier molecular flexibility index (Phi) is 4.42. The molecule has 1 rings (SSSR count). The topological polar surface area (TPSA) is 85.5 Å². The van der Waals surface area contributed by atoms with Crippen molar-refractivity contribution in [2.75, 3.05) is 6.61 Å². The van der Waals surface area contributed by atoms with E-state index < -0.39 is 5.97 Å². The van der Waals surface area contributed by atoms with Crippen LogP contribution in [0.2, 0.25) is 0 Å². The molecule has 0 amide bonds. The Hall–Kier alpha value is -1.43. The summed E-state index contributed by atoms with van der Waals surface area (Å²) in [5.74, 6) is -0.274. The molecule has 0 spiro atoms. The van der Waals surface area contributed by atoms with E-state index >= 15 is 0 Å². The van der Waals surface area contributed by atoms with Crippen molar-refractivity contribution in [1.29, 1.82) is 0 Å². The fourth-order valence-electron chi connectivity index (χ4n) is 1.33. The van der Waals surface area contributed by atoms with Gasteiger partial charge in [0.1, 0.15) is 12.5 Å². The summed E-state index contributed by atoms with van der Waals surface area (Å²) in [5.41, 5.74) is 0. The van der Waals surface area contributed by atoms with Gasteiger partial charge in [0.25, 0.3) is 0 Å². The van der Waals surface area contributed by atoms with Crippen LogP contribution in [0.3, 0.4) is 0 Å². The van der Waals surface area contributed by atoms with E-state index in [2.05, 4.69) is 10.1 Å². The van der Waals surface area contributed by atoms with Gasteiger partial charge in [0.15, 0.2) is 0 Å². The maximum atomic E-state index is 10.4. The predicted molar refractivity (Wildman–Crippen MR) is 54.8 cm³/mol. The molecule has 0 aliphatic heterocycles. The molecule has 6 heteroatoms. The number of carboxylic acid groups (broad SMARTS) is 1. The van der Waals surface area contributed by atoms with Crippen molar-refractivity contribution in [1.82, 2.24) is 10.1 Å². The summed E-state index contributed by atoms with van der Waals surface area (Å²) in [4.78, 5) is 14.5. The molecular formula is C10H16N2O4. The zero-order valence-corrected chi connectivity index (χ0v) is 9.64. The zero-order chi connectivity index (χ0) is 12.1. The van der Waals surface area contributed by atoms with Gasteiger partial charge in [0, 0.05) is 6.61 Å². The minimum absolute atomic E-state index is 0.104. The van der Waals surface area contributed by atoms with Gasteiger partial charge in [-0.3, -0.25) is 4.79 Å². The third-order valence-electron chi connectivity index (χ3n) is 1.99. The number of rotatable bonds is 6. The number of aromatic nitrogens is 2. The fourth-order valence-corrected chi connectivity index (χ4v) is 1.33. The van der Waals surface area contributed by atoms with Crippen LogP contribution in [0, 0.1) is 5.92 Å². The van der Waals surface area contributed by atoms with E-state index in [0.717, 1.165) is 0 Å². The average Bonchev–Trinajstić information content (AvgIpc) is 2.60. The maximum Gasteiger partial charge on any atom is 0.312 e. The van der Waals surface area contributed by atoms with Gasteiger partial charge in [-0.15, -0.1) is 0 Å². The van der Waals surface area contributed by atoms with Crippen LogP contribution in [0.4, 0.5) is 0 Å². The lowest BCUT2D eigenvalue weighted by Crippen LogP contribution is -2.13. The number of nitrogens with zero attached hydrogens (tertiary/aromatic N) is 2. The molecule has 0 radical (unpaired) electrons. The molecule has 1 unspecified atom stereocenters. The van der Waals surface area contributed by atoms with Gasteiger partial charge in [-0.2, -0.15) is 4.98 Å². The first-order valence-electron chi connectivity index (χ1n) is 5.20. The van der Waals surface area contributed by atoms with Crippen molar-refractivity contribution in [2.45, 2.75) is 33.3 Å². The van der Waals surface area contributed by atoms with Crippen LogP contribution in [-0.2, 0) is 16.0 Å². The molecule has 0 aromatic carbocycles. The van der Waals surface area contributed by atoms with E-state index in [1.807, 2.05) is 20.8 Å². The summed E-state index contributed by atoms with van der Waals surface area (Å²) in [6.45, 7) is 6.39. The van der Waals surface area contributed by atoms with Crippen LogP contribution in [0.1, 0.15) is 38.6 Å². The Balaban J connectivity index is 2.77. The van der Waals surface area contributed by atoms with Crippen molar-refractivity contribution in [2.24, 2.45) is 5.92 Å². The second-order valence-electron chi connectivity index (χ2n) is 3.74. The van der Waals surface area contributed by atoms with Crippen LogP contribution < -0.4 is 0 Å². The predicted octanol–water partition coefficient (Wildman–Crippen LogP) is 1.43. The van der Waals surface area contributed by atoms with E-state index in [1.165, 1.54) is 0 Å². The largest absolute Gasteiger partial charge is 0.481 e. The van der Waals surface area contributed by atoms with Crippen molar-refractivity contribution in [3.63, 3.8) is 0 Å². The number of aliphatic carboxylic acids is 1. The highest BCUT2D eigenvalue weighted by molar-refractivity contribution is 5.68. The highest BCUT2D eigenvalue weighted by Crippen LogP contribution is 2.23. The molecule has 6 nitrogen and oxygen atoms in total. The molecule has 0 aliphatic carbocycles. The minimum atomic E-state index is -0.993. The molecule has 1 heterocycles. The second kappa shape index (κ2) is 5.60. The lowest BCUT2D eigenvalue weighted by Gasteiger charge is -2.16. The van der Waals surface area contributed by atoms with E-state index in [1.54, 1.807) is 0 Å². The molecule has 1 aromatic heterocycles. The number of hydrogen-bond donors (Lipinski definition) is 1. The summed E-state index contributed by atoms with van der Waals surface area (Å²) in [6.07, 6.45) is -0.513. The summed E-state index contributed by atoms with van der Waals surface area (Å²) in [7, 11) is 0. The van der Waals surface area contributed by atoms with Crippen LogP contribution in [-0.4, -0.2) is 27.8 Å². The van der Waals surface area contributed by atoms with Crippen LogP contribution in [0.5, 0.6) is 0 Å². The molecule has 1 aromatic rings. The molecule has 16 heavy (non-hydrogen) atoms. The van der Waals surface area contributed by atoms with Crippen molar-refractivity contribution in [3.8, 4) is 0 Å². The molecular weight excluding hydrogens is 212 g/mol. The molecule has 0 saturated heterocycles. The van der Waals surface area contributed by atoms with E-state index in [9.17, 15) is 4.79 Å². The Bertz CT molecular complexity index is 348. The van der Waals surface area contributed by atoms with Crippen LogP contribution in [0.25, 0.3) is 0 Å². The van der Waals surface area contributed by atoms with Gasteiger partial charge in [-0.05, 0) is 12.8 Å². The highest BCUT2D eigenvalue weighted by Gasteiger charge is 2.22. The number of carboxylic acids is 1. The van der Waals surface area contributed by atoms with Crippen LogP contribution >= 0.6 is 0 Å². The van der Waals surface area contributed by atoms with Gasteiger partial charge in [-0.25, -0.2) is 0 Å². The summed E-state index contributed by atoms with van der Waals surface area (Å²) in [5, 5.41) is 12.3. The third kappa shape index (κ3) is 3.30. The SMILES string of the molecule is CCOC(c1noc(CC(=O)O)n1)C(C)C. The Morgan fingerprint density at radius 1 is 1.56 bits per heavy atom. The quantitative estimate of drug-likeness (QED) is 0.792. The molecule has 90 valence electrons. The van der Waals surface area contributed by atoms with E-state index in [-0.39, 0.29) is 24.3 Å². The van der Waals surface area contributed by atoms with Crippen molar-refractivity contribution >= 4 is 5.97 Å². The Labute approximate surface area is 93.6 Å². The number of ether oxygens (including phenoxy) is 1. The van der Waals surface area contributed by atoms with E-state index in [0.29, 0.717) is 12.4 Å². The zero-order valence-electron chi connectivity index (χ0n) is 9.64. The monoisotopic (exact) mass is 228 g/mol. The standard InChI is InChI=1S/C10H16N2O4/c1-4-15-9(6(2)3)10-11-7(16-12-10)5-8(13)14/h6,9H,4-5H2,1-3H3,(H,13,14). The average molecular weight is 228 g/mol. The lowest BCUT2D eigenvalue weighted by molar-refractivity contribution is -0.136. The smallest absolute Gasteiger partial charge is 0.312 e. The van der Waals surface area contributed by atoms with Gasteiger partial charge < -0.3 is 14.4 Å². The maximum absolute atomic E-state index is 10.4. The van der Waals surface area contributed by atoms with Crippen molar-refractivity contribution in [3.05, 3.63) is 11.7 Å². The molecule has 1 N–H and O–H groups in total. The molecule has 1 atom stereocenters. The number of hydrogen-bond acceptors (Lipinski definition) is 5. The van der Waals surface area contributed by atoms with E-state index in [4.69, 9.17) is 14.4 Å². The third-order valence-corrected chi connectivity index (χ3v) is 1.99. The minimum Gasteiger partial charge on any atom is -0.481 e. The van der Waals surface area contributed by atoms with Gasteiger partial charge in [-0.1, -0.05) is 19.0 Å². The normalized spacial score (nSPS) is 13.0. The highest BCUT2D eigenvalue weighted by atomic mass is 16.5. The second-order valence-corrected chi connectivity index (χ2v) is 3.74. The number of carbonyl (C=O) groups is 1. The first kappa shape index (κ1) is 12.6. The molecule has 0 fully saturated rings. The van der Waals surface area contributed by atoms with Gasteiger partial charge in [0.2, 0.25) is 11.7 Å². The molecule has 0 bridgehead atoms. The Morgan fingerprint density at radius 2 is 2.25 bits per heavy atom. The molecule has 0 saturated carbocycles. The first-order valence-corrected chi connectivity index (χ1v) is 5.20. The molecule has 0 aliphatic rings. The van der Waals surface area contributed by atoms with Crippen molar-refractivity contribution < 1.29 is 19.2 Å². The summed E-state index contributed by atoms with van der Waals surface area (Å²) >= 11 is 0. The van der Waals surface area contributed by atoms with Gasteiger partial charge in [0.05, 0.1) is 0 Å². The lowest BCUT2D eigenvalue weighted by atomic mass is 10.1. The first-order chi connectivity index (χ1) is 7.54. The van der Waals surface area contributed by atoms with Gasteiger partial charge >= 0.3 is 5.97 Å². The fraction of sp³-hybridized carbons (Fsp3) is 0.700.